The van der Waals surface area contributed by atoms with Gasteiger partial charge in [-0.05, 0) is 54.3 Å². The summed E-state index contributed by atoms with van der Waals surface area (Å²) >= 11 is 0. The maximum Gasteiger partial charge on any atom is 0.200 e. The van der Waals surface area contributed by atoms with Gasteiger partial charge in [-0.25, -0.2) is 0 Å². The third-order valence-corrected chi connectivity index (χ3v) is 4.31. The third kappa shape index (κ3) is 2.30. The Hall–Kier alpha value is -2.50. The molecule has 1 atom stereocenters. The molecule has 4 rings (SSSR count). The molecule has 0 unspecified atom stereocenters. The lowest BCUT2D eigenvalue weighted by Crippen LogP contribution is -2.34. The molecule has 1 aliphatic rings. The summed E-state index contributed by atoms with van der Waals surface area (Å²) in [6.07, 6.45) is 3.60. The number of tetrazole rings is 1. The number of anilines is 1. The van der Waals surface area contributed by atoms with Gasteiger partial charge in [0.05, 0.1) is 6.04 Å². The van der Waals surface area contributed by atoms with E-state index in [0.29, 0.717) is 11.7 Å². The first-order chi connectivity index (χ1) is 10.8. The first-order valence-electron chi connectivity index (χ1n) is 7.70. The van der Waals surface area contributed by atoms with Crippen LogP contribution in [0.4, 0.5) is 5.82 Å². The Morgan fingerprint density at radius 1 is 1.05 bits per heavy atom. The van der Waals surface area contributed by atoms with Gasteiger partial charge in [0.25, 0.3) is 0 Å². The van der Waals surface area contributed by atoms with Crippen molar-refractivity contribution in [2.75, 3.05) is 11.4 Å². The van der Waals surface area contributed by atoms with E-state index in [1.807, 2.05) is 12.1 Å². The molecule has 0 bridgehead atoms. The molecule has 1 saturated heterocycles. The number of rotatable bonds is 2. The summed E-state index contributed by atoms with van der Waals surface area (Å²) in [5.74, 6) is 0.935. The molecule has 0 saturated carbocycles. The molecule has 2 aromatic heterocycles. The number of nitrogens with zero attached hydrogens (tertiary/aromatic N) is 6. The van der Waals surface area contributed by atoms with Crippen LogP contribution in [0, 0.1) is 6.92 Å². The molecule has 22 heavy (non-hydrogen) atoms. The fourth-order valence-corrected chi connectivity index (χ4v) is 3.13. The largest absolute Gasteiger partial charge is 0.348 e. The van der Waals surface area contributed by atoms with E-state index in [2.05, 4.69) is 56.7 Å². The van der Waals surface area contributed by atoms with Gasteiger partial charge in [0.15, 0.2) is 11.5 Å². The zero-order chi connectivity index (χ0) is 14.9. The van der Waals surface area contributed by atoms with Gasteiger partial charge in [-0.15, -0.1) is 14.8 Å². The molecular formula is C16H18N6. The van der Waals surface area contributed by atoms with E-state index in [9.17, 15) is 0 Å². The van der Waals surface area contributed by atoms with Crippen LogP contribution in [0.3, 0.4) is 0 Å². The molecule has 0 radical (unpaired) electrons. The Bertz CT molecular complexity index is 779. The van der Waals surface area contributed by atoms with E-state index in [-0.39, 0.29) is 0 Å². The lowest BCUT2D eigenvalue weighted by molar-refractivity contribution is 0.466. The summed E-state index contributed by atoms with van der Waals surface area (Å²) in [7, 11) is 0. The molecular weight excluding hydrogens is 276 g/mol. The second-order valence-corrected chi connectivity index (χ2v) is 5.83. The van der Waals surface area contributed by atoms with E-state index in [0.717, 1.165) is 18.8 Å². The van der Waals surface area contributed by atoms with Crippen LogP contribution >= 0.6 is 0 Å². The summed E-state index contributed by atoms with van der Waals surface area (Å²) in [6.45, 7) is 3.13. The second-order valence-electron chi connectivity index (χ2n) is 5.83. The van der Waals surface area contributed by atoms with Crippen LogP contribution < -0.4 is 4.90 Å². The normalized spacial score (nSPS) is 18.8. The number of benzene rings is 1. The molecule has 1 fully saturated rings. The van der Waals surface area contributed by atoms with Crippen molar-refractivity contribution in [3.05, 3.63) is 47.5 Å². The lowest BCUT2D eigenvalue weighted by atomic mass is 9.94. The molecule has 0 N–H and O–H groups in total. The molecule has 6 heteroatoms. The van der Waals surface area contributed by atoms with Crippen LogP contribution in [0.15, 0.2) is 36.4 Å². The van der Waals surface area contributed by atoms with Crippen LogP contribution in [0.25, 0.3) is 5.65 Å². The molecule has 1 aliphatic heterocycles. The maximum atomic E-state index is 4.56. The fourth-order valence-electron chi connectivity index (χ4n) is 3.13. The highest BCUT2D eigenvalue weighted by atomic mass is 15.6. The summed E-state index contributed by atoms with van der Waals surface area (Å²) < 4.78 is 1.50. The minimum Gasteiger partial charge on any atom is -0.348 e. The highest BCUT2D eigenvalue weighted by molar-refractivity contribution is 5.47. The molecule has 1 aromatic carbocycles. The predicted molar refractivity (Wildman–Crippen MR) is 83.7 cm³/mol. The van der Waals surface area contributed by atoms with E-state index in [1.165, 1.54) is 28.6 Å². The van der Waals surface area contributed by atoms with Crippen molar-refractivity contribution in [3.63, 3.8) is 0 Å². The Morgan fingerprint density at radius 2 is 1.91 bits per heavy atom. The Balaban J connectivity index is 1.71. The predicted octanol–water partition coefficient (Wildman–Crippen LogP) is 2.56. The minimum absolute atomic E-state index is 0.371. The Labute approximate surface area is 128 Å². The van der Waals surface area contributed by atoms with Crippen LogP contribution in [0.1, 0.15) is 36.4 Å². The summed E-state index contributed by atoms with van der Waals surface area (Å²) in [5.41, 5.74) is 3.32. The van der Waals surface area contributed by atoms with Gasteiger partial charge in [0.2, 0.25) is 0 Å². The molecule has 0 aliphatic carbocycles. The van der Waals surface area contributed by atoms with Crippen LogP contribution in [-0.4, -0.2) is 31.8 Å². The van der Waals surface area contributed by atoms with E-state index in [4.69, 9.17) is 0 Å². The second kappa shape index (κ2) is 5.36. The topological polar surface area (TPSA) is 59.2 Å². The van der Waals surface area contributed by atoms with Crippen molar-refractivity contribution >= 4 is 11.5 Å². The minimum atomic E-state index is 0.371. The van der Waals surface area contributed by atoms with E-state index < -0.39 is 0 Å². The number of aryl methyl sites for hydroxylation is 1. The van der Waals surface area contributed by atoms with Gasteiger partial charge in [-0.1, -0.05) is 29.8 Å². The summed E-state index contributed by atoms with van der Waals surface area (Å²) in [4.78, 5) is 2.37. The fraction of sp³-hybridized carbons (Fsp3) is 0.375. The Morgan fingerprint density at radius 3 is 2.77 bits per heavy atom. The zero-order valence-corrected chi connectivity index (χ0v) is 12.6. The van der Waals surface area contributed by atoms with Crippen LogP contribution in [0.2, 0.25) is 0 Å². The first kappa shape index (κ1) is 13.2. The molecule has 3 heterocycles. The smallest absolute Gasteiger partial charge is 0.200 e. The van der Waals surface area contributed by atoms with Crippen molar-refractivity contribution in [2.24, 2.45) is 0 Å². The first-order valence-corrected chi connectivity index (χ1v) is 7.70. The molecule has 0 amide bonds. The molecule has 3 aromatic rings. The lowest BCUT2D eigenvalue weighted by Gasteiger charge is -2.36. The number of piperidine rings is 1. The van der Waals surface area contributed by atoms with Crippen LogP contribution in [-0.2, 0) is 0 Å². The van der Waals surface area contributed by atoms with Crippen molar-refractivity contribution in [2.45, 2.75) is 32.2 Å². The maximum absolute atomic E-state index is 4.56. The number of aromatic nitrogens is 5. The van der Waals surface area contributed by atoms with Gasteiger partial charge in [0.1, 0.15) is 0 Å². The number of fused-ring (bicyclic) bond motifs is 1. The summed E-state index contributed by atoms with van der Waals surface area (Å²) in [5, 5.41) is 16.0. The van der Waals surface area contributed by atoms with Crippen molar-refractivity contribution in [3.8, 4) is 0 Å². The Kier molecular flexibility index (Phi) is 3.21. The van der Waals surface area contributed by atoms with E-state index in [1.54, 1.807) is 0 Å². The van der Waals surface area contributed by atoms with Gasteiger partial charge in [0, 0.05) is 6.54 Å². The molecule has 112 valence electrons. The average Bonchev–Trinajstić information content (AvgIpc) is 3.03. The standard InChI is InChI=1S/C16H18N6/c1-12-5-7-13(8-6-12)14-4-2-3-11-21(14)16-10-9-15-17-19-20-22(15)18-16/h5-10,14H,2-4,11H2,1H3/t14-/m0/s1. The number of hydrogen-bond acceptors (Lipinski definition) is 5. The molecule has 6 nitrogen and oxygen atoms in total. The highest BCUT2D eigenvalue weighted by Gasteiger charge is 2.25. The highest BCUT2D eigenvalue weighted by Crippen LogP contribution is 2.34. The van der Waals surface area contributed by atoms with Gasteiger partial charge < -0.3 is 4.90 Å². The quantitative estimate of drug-likeness (QED) is 0.727. The number of hydrogen-bond donors (Lipinski definition) is 0. The van der Waals surface area contributed by atoms with Gasteiger partial charge in [-0.2, -0.15) is 0 Å². The van der Waals surface area contributed by atoms with Crippen molar-refractivity contribution in [1.82, 2.24) is 25.3 Å². The SMILES string of the molecule is Cc1ccc([C@@H]2CCCCN2c2ccc3nnnn3n2)cc1. The zero-order valence-electron chi connectivity index (χ0n) is 12.6. The van der Waals surface area contributed by atoms with Crippen molar-refractivity contribution in [1.29, 1.82) is 0 Å². The third-order valence-electron chi connectivity index (χ3n) is 4.31. The van der Waals surface area contributed by atoms with Gasteiger partial charge >= 0.3 is 0 Å². The van der Waals surface area contributed by atoms with E-state index >= 15 is 0 Å². The van der Waals surface area contributed by atoms with Gasteiger partial charge in [-0.3, -0.25) is 0 Å². The average molecular weight is 294 g/mol. The molecule has 0 spiro atoms. The van der Waals surface area contributed by atoms with Crippen LogP contribution in [0.5, 0.6) is 0 Å². The monoisotopic (exact) mass is 294 g/mol. The summed E-state index contributed by atoms with van der Waals surface area (Å²) in [6, 6.07) is 13.1. The van der Waals surface area contributed by atoms with Crippen molar-refractivity contribution < 1.29 is 0 Å².